The van der Waals surface area contributed by atoms with Gasteiger partial charge in [-0.05, 0) is 24.3 Å². The van der Waals surface area contributed by atoms with E-state index in [-0.39, 0.29) is 37.9 Å². The number of hydrogen-bond acceptors (Lipinski definition) is 9. The fourth-order valence-electron chi connectivity index (χ4n) is 3.44. The van der Waals surface area contributed by atoms with Gasteiger partial charge in [-0.25, -0.2) is 23.2 Å². The van der Waals surface area contributed by atoms with Crippen LogP contribution in [0, 0.1) is 0 Å². The first-order valence-electron chi connectivity index (χ1n) is 9.59. The average molecular weight is 503 g/mol. The predicted molar refractivity (Wildman–Crippen MR) is 106 cm³/mol. The quantitative estimate of drug-likeness (QED) is 0.613. The van der Waals surface area contributed by atoms with Crippen LogP contribution < -0.4 is 15.0 Å². The lowest BCUT2D eigenvalue weighted by Gasteiger charge is -2.39. The number of carboxylic acid groups (broad SMARTS) is 1. The third-order valence-electron chi connectivity index (χ3n) is 5.00. The number of sulfonamides is 1. The molecule has 12 nitrogen and oxygen atoms in total. The molecule has 2 N–H and O–H groups in total. The van der Waals surface area contributed by atoms with E-state index in [1.54, 1.807) is 0 Å². The molecule has 1 aromatic carbocycles. The fourth-order valence-corrected chi connectivity index (χ4v) is 5.01. The van der Waals surface area contributed by atoms with Gasteiger partial charge in [0.1, 0.15) is 29.9 Å². The minimum atomic E-state index is -4.94. The van der Waals surface area contributed by atoms with Gasteiger partial charge in [-0.2, -0.15) is 4.31 Å². The molecule has 0 saturated carbocycles. The molecular formula is C18H16F3N5O7S. The molecule has 0 unspecified atom stereocenters. The van der Waals surface area contributed by atoms with E-state index in [9.17, 15) is 36.3 Å². The van der Waals surface area contributed by atoms with Crippen LogP contribution >= 0.6 is 0 Å². The van der Waals surface area contributed by atoms with Gasteiger partial charge in [-0.1, -0.05) is 0 Å². The number of aromatic nitrogens is 2. The van der Waals surface area contributed by atoms with Gasteiger partial charge >= 0.3 is 18.4 Å². The molecule has 1 amide bonds. The normalized spacial score (nSPS) is 19.1. The van der Waals surface area contributed by atoms with Gasteiger partial charge < -0.3 is 19.5 Å². The van der Waals surface area contributed by atoms with Crippen LogP contribution in [0.4, 0.5) is 29.6 Å². The molecule has 0 bridgehead atoms. The number of carbonyl (C=O) groups excluding carboxylic acids is 1. The van der Waals surface area contributed by atoms with Gasteiger partial charge in [0.05, 0.1) is 11.1 Å². The van der Waals surface area contributed by atoms with Crippen LogP contribution in [0.1, 0.15) is 5.69 Å². The molecule has 2 aromatic rings. The van der Waals surface area contributed by atoms with Gasteiger partial charge in [0, 0.05) is 19.6 Å². The van der Waals surface area contributed by atoms with E-state index in [1.807, 2.05) is 0 Å². The van der Waals surface area contributed by atoms with Crippen LogP contribution in [0.3, 0.4) is 0 Å². The van der Waals surface area contributed by atoms with Crippen LogP contribution in [0.25, 0.3) is 0 Å². The average Bonchev–Trinajstić information content (AvgIpc) is 2.77. The first-order chi connectivity index (χ1) is 15.9. The topological polar surface area (TPSA) is 151 Å². The summed E-state index contributed by atoms with van der Waals surface area (Å²) in [4.78, 5) is 32.8. The minimum absolute atomic E-state index is 0.0379. The van der Waals surface area contributed by atoms with E-state index in [0.29, 0.717) is 5.69 Å². The second kappa shape index (κ2) is 8.60. The maximum absolute atomic E-state index is 13.1. The van der Waals surface area contributed by atoms with Gasteiger partial charge in [0.15, 0.2) is 5.82 Å². The molecule has 1 fully saturated rings. The standard InChI is InChI=1S/C18H16F3N5O7S/c19-18(20,21)33-10-1-3-11(4-2-10)34(30,31)26-6-5-25(8-13(26)16(27)28)14-7-22-12-9-32-17(29)24-15(12)23-14/h1-4,7,13H,5-6,8-9H2,(H,27,28)(H,23,24,29)/t13-/m1/s1. The van der Waals surface area contributed by atoms with Gasteiger partial charge in [-0.3, -0.25) is 10.1 Å². The van der Waals surface area contributed by atoms with Gasteiger partial charge in [0.25, 0.3) is 0 Å². The molecule has 0 aliphatic carbocycles. The Morgan fingerprint density at radius 1 is 1.24 bits per heavy atom. The second-order valence-electron chi connectivity index (χ2n) is 7.16. The van der Waals surface area contributed by atoms with Crippen molar-refractivity contribution in [2.75, 3.05) is 29.9 Å². The first-order valence-corrected chi connectivity index (χ1v) is 11.0. The number of nitrogens with zero attached hydrogens (tertiary/aromatic N) is 4. The van der Waals surface area contributed by atoms with Crippen LogP contribution in [0.5, 0.6) is 5.75 Å². The number of ether oxygens (including phenoxy) is 2. The van der Waals surface area contributed by atoms with Crippen molar-refractivity contribution in [3.8, 4) is 5.75 Å². The molecule has 34 heavy (non-hydrogen) atoms. The van der Waals surface area contributed by atoms with Crippen molar-refractivity contribution in [2.24, 2.45) is 0 Å². The molecule has 4 rings (SSSR count). The highest BCUT2D eigenvalue weighted by molar-refractivity contribution is 7.89. The molecule has 1 saturated heterocycles. The van der Waals surface area contributed by atoms with Crippen LogP contribution in [0.2, 0.25) is 0 Å². The molecule has 2 aliphatic rings. The summed E-state index contributed by atoms with van der Waals surface area (Å²) in [5.74, 6) is -1.68. The molecular weight excluding hydrogens is 487 g/mol. The van der Waals surface area contributed by atoms with Crippen molar-refractivity contribution in [1.29, 1.82) is 0 Å². The molecule has 1 atom stereocenters. The largest absolute Gasteiger partial charge is 0.573 e. The summed E-state index contributed by atoms with van der Waals surface area (Å²) in [5, 5.41) is 12.1. The Morgan fingerprint density at radius 2 is 1.94 bits per heavy atom. The zero-order chi connectivity index (χ0) is 24.7. The molecule has 0 spiro atoms. The Balaban J connectivity index is 1.55. The number of aliphatic carboxylic acids is 1. The number of carboxylic acids is 1. The van der Waals surface area contributed by atoms with E-state index in [4.69, 9.17) is 4.74 Å². The monoisotopic (exact) mass is 503 g/mol. The maximum Gasteiger partial charge on any atom is 0.573 e. The summed E-state index contributed by atoms with van der Waals surface area (Å²) >= 11 is 0. The van der Waals surface area contributed by atoms with Crippen molar-refractivity contribution in [1.82, 2.24) is 14.3 Å². The highest BCUT2D eigenvalue weighted by atomic mass is 32.2. The van der Waals surface area contributed by atoms with Crippen LogP contribution in [-0.4, -0.2) is 71.9 Å². The number of carbonyl (C=O) groups is 2. The number of fused-ring (bicyclic) bond motifs is 1. The van der Waals surface area contributed by atoms with Gasteiger partial charge in [-0.15, -0.1) is 13.2 Å². The van der Waals surface area contributed by atoms with Crippen molar-refractivity contribution < 1.29 is 45.8 Å². The van der Waals surface area contributed by atoms with Crippen LogP contribution in [0.15, 0.2) is 35.4 Å². The summed E-state index contributed by atoms with van der Waals surface area (Å²) in [6.07, 6.45) is -4.31. The van der Waals surface area contributed by atoms with E-state index >= 15 is 0 Å². The van der Waals surface area contributed by atoms with Crippen molar-refractivity contribution in [3.05, 3.63) is 36.2 Å². The first kappa shape index (κ1) is 23.5. The van der Waals surface area contributed by atoms with Crippen molar-refractivity contribution >= 4 is 33.7 Å². The van der Waals surface area contributed by atoms with Crippen molar-refractivity contribution in [2.45, 2.75) is 23.9 Å². The zero-order valence-electron chi connectivity index (χ0n) is 17.0. The summed E-state index contributed by atoms with van der Waals surface area (Å²) in [5.41, 5.74) is 0.372. The highest BCUT2D eigenvalue weighted by Gasteiger charge is 2.41. The number of piperazine rings is 1. The molecule has 1 aromatic heterocycles. The molecule has 2 aliphatic heterocycles. The second-order valence-corrected chi connectivity index (χ2v) is 9.05. The summed E-state index contributed by atoms with van der Waals surface area (Å²) in [6.45, 7) is -0.586. The lowest BCUT2D eigenvalue weighted by atomic mass is 10.2. The van der Waals surface area contributed by atoms with E-state index in [1.165, 1.54) is 11.1 Å². The highest BCUT2D eigenvalue weighted by Crippen LogP contribution is 2.28. The Hall–Kier alpha value is -3.66. The number of anilines is 2. The Kier molecular flexibility index (Phi) is 5.94. The lowest BCUT2D eigenvalue weighted by molar-refractivity contribution is -0.274. The molecule has 16 heteroatoms. The van der Waals surface area contributed by atoms with E-state index in [2.05, 4.69) is 20.0 Å². The number of rotatable bonds is 5. The Labute approximate surface area is 190 Å². The van der Waals surface area contributed by atoms with Crippen LogP contribution in [-0.2, 0) is 26.2 Å². The molecule has 3 heterocycles. The van der Waals surface area contributed by atoms with Gasteiger partial charge in [0.2, 0.25) is 10.0 Å². The smallest absolute Gasteiger partial charge is 0.480 e. The molecule has 182 valence electrons. The number of hydrogen-bond donors (Lipinski definition) is 2. The predicted octanol–water partition coefficient (Wildman–Crippen LogP) is 1.40. The number of benzene rings is 1. The zero-order valence-corrected chi connectivity index (χ0v) is 17.8. The van der Waals surface area contributed by atoms with Crippen molar-refractivity contribution in [3.63, 3.8) is 0 Å². The fraction of sp³-hybridized carbons (Fsp3) is 0.333. The summed E-state index contributed by atoms with van der Waals surface area (Å²) in [6, 6.07) is 1.93. The lowest BCUT2D eigenvalue weighted by Crippen LogP contribution is -2.58. The Morgan fingerprint density at radius 3 is 2.59 bits per heavy atom. The number of cyclic esters (lactones) is 1. The maximum atomic E-state index is 13.1. The number of alkyl halides is 3. The minimum Gasteiger partial charge on any atom is -0.480 e. The summed E-state index contributed by atoms with van der Waals surface area (Å²) < 4.78 is 72.4. The third kappa shape index (κ3) is 4.81. The van der Waals surface area contributed by atoms with E-state index in [0.717, 1.165) is 28.6 Å². The molecule has 0 radical (unpaired) electrons. The van der Waals surface area contributed by atoms with E-state index < -0.39 is 45.1 Å². The summed E-state index contributed by atoms with van der Waals surface area (Å²) in [7, 11) is -4.36. The Bertz CT molecular complexity index is 1220. The third-order valence-corrected chi connectivity index (χ3v) is 6.92. The number of nitrogens with one attached hydrogen (secondary N) is 1. The number of amides is 1. The number of halogens is 3. The SMILES string of the molecule is O=C1Nc2nc(N3CCN(S(=O)(=O)c4ccc(OC(F)(F)F)cc4)[C@@H](C(=O)O)C3)cnc2CO1.